The Morgan fingerprint density at radius 2 is 1.03 bits per heavy atom. The first kappa shape index (κ1) is 47.9. The van der Waals surface area contributed by atoms with E-state index in [1.54, 1.807) is 14.2 Å². The second kappa shape index (κ2) is 24.5. The molecule has 2 fully saturated rings. The van der Waals surface area contributed by atoms with E-state index < -0.39 is 11.7 Å². The molecule has 0 aliphatic carbocycles. The number of methoxy groups -OCH3 is 2. The number of hydrogen-bond acceptors (Lipinski definition) is 9. The fourth-order valence-corrected chi connectivity index (χ4v) is 7.39. The molecule has 4 aromatic rings. The molecule has 4 aromatic carbocycles. The highest BCUT2D eigenvalue weighted by atomic mass is 16.6. The minimum absolute atomic E-state index is 0.00703. The van der Waals surface area contributed by atoms with Crippen LogP contribution in [0, 0.1) is 0 Å². The first-order valence-electron chi connectivity index (χ1n) is 22.1. The number of carbonyl (C=O) groups excluding carboxylic acids is 3. The molecule has 340 valence electrons. The van der Waals surface area contributed by atoms with Crippen molar-refractivity contribution in [1.82, 2.24) is 25.8 Å². The lowest BCUT2D eigenvalue weighted by Crippen LogP contribution is -2.46. The van der Waals surface area contributed by atoms with Gasteiger partial charge in [-0.15, -0.1) is 0 Å². The molecule has 63 heavy (non-hydrogen) atoms. The topological polar surface area (TPSA) is 172 Å². The smallest absolute Gasteiger partial charge is 0.407 e. The minimum atomic E-state index is -0.492. The summed E-state index contributed by atoms with van der Waals surface area (Å²) < 4.78 is 15.7. The monoisotopic (exact) mass is 865 g/mol. The van der Waals surface area contributed by atoms with Crippen molar-refractivity contribution in [2.45, 2.75) is 90.1 Å². The van der Waals surface area contributed by atoms with Gasteiger partial charge in [0, 0.05) is 69.3 Å². The number of nitrogens with two attached hydrogens (primary N) is 1. The number of anilines is 2. The van der Waals surface area contributed by atoms with Crippen molar-refractivity contribution in [2.75, 3.05) is 64.1 Å². The quantitative estimate of drug-likeness (QED) is 0.0707. The number of piperidine rings is 2. The van der Waals surface area contributed by atoms with Gasteiger partial charge in [-0.2, -0.15) is 0 Å². The summed E-state index contributed by atoms with van der Waals surface area (Å²) in [5.74, 6) is 1.59. The average Bonchev–Trinajstić information content (AvgIpc) is 3.29. The zero-order valence-electron chi connectivity index (χ0n) is 37.7. The van der Waals surface area contributed by atoms with E-state index in [1.807, 2.05) is 79.1 Å². The zero-order chi connectivity index (χ0) is 45.0. The molecule has 0 aromatic heterocycles. The molecule has 2 aliphatic heterocycles. The Bertz CT molecular complexity index is 2010. The van der Waals surface area contributed by atoms with E-state index in [9.17, 15) is 14.4 Å². The van der Waals surface area contributed by atoms with Crippen molar-refractivity contribution < 1.29 is 28.6 Å². The number of nitrogens with one attached hydrogen (secondary N) is 5. The Morgan fingerprint density at radius 1 is 0.603 bits per heavy atom. The van der Waals surface area contributed by atoms with Crippen LogP contribution in [0.1, 0.15) is 68.7 Å². The van der Waals surface area contributed by atoms with Crippen LogP contribution in [0.3, 0.4) is 0 Å². The number of benzene rings is 4. The molecule has 0 radical (unpaired) electrons. The molecule has 2 heterocycles. The van der Waals surface area contributed by atoms with E-state index >= 15 is 0 Å². The highest BCUT2D eigenvalue weighted by Crippen LogP contribution is 2.20. The van der Waals surface area contributed by atoms with Gasteiger partial charge in [0.15, 0.2) is 0 Å². The Labute approximate surface area is 373 Å². The highest BCUT2D eigenvalue weighted by Gasteiger charge is 2.24. The van der Waals surface area contributed by atoms with Crippen LogP contribution in [0.15, 0.2) is 97.1 Å². The Kier molecular flexibility index (Phi) is 18.6. The summed E-state index contributed by atoms with van der Waals surface area (Å²) in [5.41, 5.74) is 11.7. The van der Waals surface area contributed by atoms with Crippen molar-refractivity contribution in [3.05, 3.63) is 119 Å². The summed E-state index contributed by atoms with van der Waals surface area (Å²) >= 11 is 0. The lowest BCUT2D eigenvalue weighted by molar-refractivity contribution is 0.0528. The number of ether oxygens (including phenoxy) is 3. The number of carbonyl (C=O) groups is 3. The van der Waals surface area contributed by atoms with Gasteiger partial charge in [-0.1, -0.05) is 48.5 Å². The number of alkyl carbamates (subject to hydrolysis) is 1. The summed E-state index contributed by atoms with van der Waals surface area (Å²) in [6.07, 6.45) is 4.93. The number of urea groups is 2. The maximum atomic E-state index is 12.6. The molecule has 6 rings (SSSR count). The third-order valence-electron chi connectivity index (χ3n) is 10.9. The molecule has 2 aliphatic rings. The SMILES string of the molecule is COc1cccc(CNC(=O)N2CCC(Nc3ccc(CCN)cc3)CC2)c1.COc1cccc(CNC(=O)N2CCC(Nc3ccc(CCNC(=O)OC(C)(C)C)cc3)CC2)c1. The van der Waals surface area contributed by atoms with Crippen LogP contribution in [0.2, 0.25) is 0 Å². The molecular weight excluding hydrogens is 797 g/mol. The summed E-state index contributed by atoms with van der Waals surface area (Å²) in [5, 5.41) is 15.9. The molecule has 0 atom stereocenters. The minimum Gasteiger partial charge on any atom is -0.497 e. The molecule has 0 bridgehead atoms. The van der Waals surface area contributed by atoms with E-state index in [-0.39, 0.29) is 12.1 Å². The van der Waals surface area contributed by atoms with Crippen LogP contribution in [-0.4, -0.2) is 99.1 Å². The van der Waals surface area contributed by atoms with Crippen molar-refractivity contribution in [3.8, 4) is 11.5 Å². The van der Waals surface area contributed by atoms with E-state index in [1.165, 1.54) is 5.56 Å². The van der Waals surface area contributed by atoms with Gasteiger partial charge in [0.1, 0.15) is 17.1 Å². The van der Waals surface area contributed by atoms with Gasteiger partial charge in [0.25, 0.3) is 0 Å². The van der Waals surface area contributed by atoms with E-state index in [0.717, 1.165) is 104 Å². The highest BCUT2D eigenvalue weighted by molar-refractivity contribution is 5.75. The Hall–Kier alpha value is -6.15. The van der Waals surface area contributed by atoms with Gasteiger partial charge in [0.2, 0.25) is 0 Å². The first-order chi connectivity index (χ1) is 30.4. The molecule has 14 nitrogen and oxygen atoms in total. The van der Waals surface area contributed by atoms with E-state index in [2.05, 4.69) is 75.1 Å². The average molecular weight is 865 g/mol. The molecule has 5 amide bonds. The van der Waals surface area contributed by atoms with Crippen molar-refractivity contribution in [2.24, 2.45) is 5.73 Å². The third-order valence-corrected chi connectivity index (χ3v) is 10.9. The van der Waals surface area contributed by atoms with Crippen LogP contribution in [0.25, 0.3) is 0 Å². The normalized spacial score (nSPS) is 14.4. The number of likely N-dealkylation sites (tertiary alicyclic amines) is 2. The number of hydrogen-bond donors (Lipinski definition) is 6. The standard InChI is InChI=1S/C27H38N4O4.C22H30N4O2/c1-27(2,3)35-26(33)28-15-12-20-8-10-22(11-9-20)30-23-13-16-31(17-14-23)25(32)29-19-21-6-5-7-24(18-21)34-4;1-28-21-4-2-3-18(15-21)16-24-22(27)26-13-10-20(11-14-26)25-19-7-5-17(6-8-19)9-12-23/h5-11,18,23,30H,12-17,19H2,1-4H3,(H,28,33)(H,29,32);2-8,15,20,25H,9-14,16,23H2,1H3,(H,24,27). The summed E-state index contributed by atoms with van der Waals surface area (Å²) in [6.45, 7) is 10.7. The van der Waals surface area contributed by atoms with Crippen LogP contribution in [0.4, 0.5) is 25.8 Å². The fourth-order valence-electron chi connectivity index (χ4n) is 7.39. The van der Waals surface area contributed by atoms with Crippen molar-refractivity contribution in [1.29, 1.82) is 0 Å². The Balaban J connectivity index is 0.000000243. The van der Waals surface area contributed by atoms with E-state index in [4.69, 9.17) is 19.9 Å². The predicted octanol–water partition coefficient (Wildman–Crippen LogP) is 7.53. The van der Waals surface area contributed by atoms with Crippen LogP contribution >= 0.6 is 0 Å². The zero-order valence-corrected chi connectivity index (χ0v) is 37.7. The molecule has 14 heteroatoms. The summed E-state index contributed by atoms with van der Waals surface area (Å²) in [6, 6.07) is 32.9. The van der Waals surface area contributed by atoms with Crippen molar-refractivity contribution >= 4 is 29.5 Å². The molecular formula is C49H68N8O6. The van der Waals surface area contributed by atoms with Gasteiger partial charge in [0.05, 0.1) is 14.2 Å². The lowest BCUT2D eigenvalue weighted by Gasteiger charge is -2.33. The molecule has 0 saturated carbocycles. The van der Waals surface area contributed by atoms with Gasteiger partial charge >= 0.3 is 18.2 Å². The van der Waals surface area contributed by atoms with Gasteiger partial charge in [-0.25, -0.2) is 14.4 Å². The second-order valence-corrected chi connectivity index (χ2v) is 16.9. The molecule has 0 spiro atoms. The molecule has 7 N–H and O–H groups in total. The number of rotatable bonds is 15. The number of nitrogens with zero attached hydrogens (tertiary/aromatic N) is 2. The van der Waals surface area contributed by atoms with Gasteiger partial charge < -0.3 is 56.3 Å². The van der Waals surface area contributed by atoms with Gasteiger partial charge in [-0.3, -0.25) is 0 Å². The first-order valence-corrected chi connectivity index (χ1v) is 22.1. The predicted molar refractivity (Wildman–Crippen MR) is 250 cm³/mol. The largest absolute Gasteiger partial charge is 0.497 e. The fraction of sp³-hybridized carbons (Fsp3) is 0.449. The maximum Gasteiger partial charge on any atom is 0.407 e. The van der Waals surface area contributed by atoms with Crippen LogP contribution < -0.4 is 41.8 Å². The summed E-state index contributed by atoms with van der Waals surface area (Å²) in [7, 11) is 3.28. The van der Waals surface area contributed by atoms with Crippen LogP contribution in [0.5, 0.6) is 11.5 Å². The molecule has 2 saturated heterocycles. The summed E-state index contributed by atoms with van der Waals surface area (Å²) in [4.78, 5) is 40.5. The third kappa shape index (κ3) is 16.9. The maximum absolute atomic E-state index is 12.6. The molecule has 0 unspecified atom stereocenters. The Morgan fingerprint density at radius 3 is 1.43 bits per heavy atom. The van der Waals surface area contributed by atoms with Gasteiger partial charge in [-0.05, 0) is 137 Å². The lowest BCUT2D eigenvalue weighted by atomic mass is 10.0. The second-order valence-electron chi connectivity index (χ2n) is 16.9. The van der Waals surface area contributed by atoms with Crippen LogP contribution in [-0.2, 0) is 30.7 Å². The van der Waals surface area contributed by atoms with Crippen molar-refractivity contribution in [3.63, 3.8) is 0 Å². The number of amides is 5. The van der Waals surface area contributed by atoms with E-state index in [0.29, 0.717) is 38.3 Å².